The molecule has 27 heavy (non-hydrogen) atoms. The third kappa shape index (κ3) is 5.57. The molecule has 0 aliphatic carbocycles. The number of amides is 2. The number of carbonyl (C=O) groups is 3. The summed E-state index contributed by atoms with van der Waals surface area (Å²) in [6.07, 6.45) is 0. The van der Waals surface area contributed by atoms with Crippen LogP contribution in [0.15, 0.2) is 18.2 Å². The van der Waals surface area contributed by atoms with Crippen molar-refractivity contribution >= 4 is 28.7 Å². The number of ether oxygens (including phenoxy) is 1. The Hall–Kier alpha value is -2.83. The monoisotopic (exact) mass is 373 g/mol. The zero-order valence-electron chi connectivity index (χ0n) is 16.7. The van der Waals surface area contributed by atoms with E-state index in [0.717, 1.165) is 22.0 Å². The predicted octanol–water partition coefficient (Wildman–Crippen LogP) is 2.31. The number of aryl methyl sites for hydroxylation is 2. The maximum atomic E-state index is 12.2. The Kier molecular flexibility index (Phi) is 5.93. The van der Waals surface area contributed by atoms with Crippen LogP contribution in [0.2, 0.25) is 0 Å². The van der Waals surface area contributed by atoms with Crippen molar-refractivity contribution in [1.82, 2.24) is 15.2 Å². The molecular weight excluding hydrogens is 346 g/mol. The molecule has 0 aliphatic heterocycles. The number of benzene rings is 1. The normalized spacial score (nSPS) is 11.3. The van der Waals surface area contributed by atoms with Crippen LogP contribution in [0.25, 0.3) is 10.9 Å². The fourth-order valence-electron chi connectivity index (χ4n) is 2.79. The van der Waals surface area contributed by atoms with Crippen molar-refractivity contribution in [3.8, 4) is 0 Å². The molecule has 0 spiro atoms. The molecule has 0 fully saturated rings. The molecule has 2 rings (SSSR count). The summed E-state index contributed by atoms with van der Waals surface area (Å²) in [5, 5.41) is 3.71. The molecule has 2 N–H and O–H groups in total. The van der Waals surface area contributed by atoms with Gasteiger partial charge >= 0.3 is 5.97 Å². The van der Waals surface area contributed by atoms with E-state index in [-0.39, 0.29) is 18.0 Å². The summed E-state index contributed by atoms with van der Waals surface area (Å²) >= 11 is 0. The maximum Gasteiger partial charge on any atom is 0.355 e. The van der Waals surface area contributed by atoms with Crippen molar-refractivity contribution in [2.45, 2.75) is 40.2 Å². The smallest absolute Gasteiger partial charge is 0.355 e. The molecule has 0 saturated heterocycles. The zero-order valence-corrected chi connectivity index (χ0v) is 16.7. The molecule has 0 unspecified atom stereocenters. The van der Waals surface area contributed by atoms with E-state index in [4.69, 9.17) is 4.74 Å². The first-order chi connectivity index (χ1) is 12.5. The van der Waals surface area contributed by atoms with Gasteiger partial charge in [0.25, 0.3) is 5.91 Å². The lowest BCUT2D eigenvalue weighted by atomic mass is 10.1. The van der Waals surface area contributed by atoms with Gasteiger partial charge in [0.2, 0.25) is 5.91 Å². The van der Waals surface area contributed by atoms with Gasteiger partial charge in [0.05, 0.1) is 6.54 Å². The lowest BCUT2D eigenvalue weighted by molar-refractivity contribution is -0.137. The number of H-pyrrole nitrogens is 1. The molecule has 146 valence electrons. The Labute approximate surface area is 159 Å². The average Bonchev–Trinajstić information content (AvgIpc) is 2.94. The van der Waals surface area contributed by atoms with Crippen molar-refractivity contribution in [3.05, 3.63) is 35.0 Å². The Balaban J connectivity index is 1.94. The number of rotatable bonds is 5. The quantitative estimate of drug-likeness (QED) is 0.787. The van der Waals surface area contributed by atoms with E-state index in [2.05, 4.69) is 10.3 Å². The van der Waals surface area contributed by atoms with E-state index in [1.807, 2.05) is 46.8 Å². The van der Waals surface area contributed by atoms with Crippen molar-refractivity contribution in [1.29, 1.82) is 0 Å². The van der Waals surface area contributed by atoms with E-state index in [9.17, 15) is 14.4 Å². The second-order valence-electron chi connectivity index (χ2n) is 7.85. The first kappa shape index (κ1) is 20.5. The minimum Gasteiger partial charge on any atom is -0.451 e. The molecule has 0 radical (unpaired) electrons. The Morgan fingerprint density at radius 1 is 1.15 bits per heavy atom. The highest BCUT2D eigenvalue weighted by molar-refractivity contribution is 5.97. The van der Waals surface area contributed by atoms with Gasteiger partial charge in [-0.25, -0.2) is 4.79 Å². The van der Waals surface area contributed by atoms with Crippen molar-refractivity contribution < 1.29 is 19.1 Å². The van der Waals surface area contributed by atoms with Crippen molar-refractivity contribution in [3.63, 3.8) is 0 Å². The molecule has 2 aromatic rings. The molecule has 0 saturated carbocycles. The molecule has 2 amide bonds. The number of nitrogens with one attached hydrogen (secondary N) is 2. The lowest BCUT2D eigenvalue weighted by Crippen LogP contribution is -2.46. The molecule has 1 heterocycles. The number of aromatic nitrogens is 1. The second-order valence-corrected chi connectivity index (χ2v) is 7.85. The largest absolute Gasteiger partial charge is 0.451 e. The molecule has 7 nitrogen and oxygen atoms in total. The molecule has 0 aliphatic rings. The van der Waals surface area contributed by atoms with Crippen LogP contribution in [0.1, 0.15) is 42.4 Å². The highest BCUT2D eigenvalue weighted by Gasteiger charge is 2.20. The van der Waals surface area contributed by atoms with Crippen LogP contribution in [0, 0.1) is 13.8 Å². The summed E-state index contributed by atoms with van der Waals surface area (Å²) in [6.45, 7) is 9.01. The van der Waals surface area contributed by atoms with E-state index in [1.165, 1.54) is 11.9 Å². The molecular formula is C20H27N3O4. The third-order valence-electron chi connectivity index (χ3n) is 3.96. The van der Waals surface area contributed by atoms with Gasteiger partial charge in [0, 0.05) is 23.5 Å². The summed E-state index contributed by atoms with van der Waals surface area (Å²) in [6, 6.07) is 5.70. The predicted molar refractivity (Wildman–Crippen MR) is 104 cm³/mol. The second kappa shape index (κ2) is 7.82. The fourth-order valence-corrected chi connectivity index (χ4v) is 2.79. The van der Waals surface area contributed by atoms with Gasteiger partial charge in [-0.05, 0) is 57.9 Å². The molecule has 7 heteroatoms. The van der Waals surface area contributed by atoms with Crippen LogP contribution in [0.5, 0.6) is 0 Å². The maximum absolute atomic E-state index is 12.2. The molecule has 0 bridgehead atoms. The van der Waals surface area contributed by atoms with E-state index in [1.54, 1.807) is 6.07 Å². The number of fused-ring (bicyclic) bond motifs is 1. The van der Waals surface area contributed by atoms with Crippen molar-refractivity contribution in [2.24, 2.45) is 0 Å². The van der Waals surface area contributed by atoms with E-state index in [0.29, 0.717) is 5.69 Å². The van der Waals surface area contributed by atoms with Crippen LogP contribution < -0.4 is 5.32 Å². The van der Waals surface area contributed by atoms with E-state index < -0.39 is 18.5 Å². The SMILES string of the molecule is Cc1cc(C)c2cc(C(=O)OCC(=O)N(C)CC(=O)NC(C)(C)C)[nH]c2c1. The number of esters is 1. The van der Waals surface area contributed by atoms with Crippen LogP contribution in [0.3, 0.4) is 0 Å². The summed E-state index contributed by atoms with van der Waals surface area (Å²) in [5.74, 6) is -1.33. The van der Waals surface area contributed by atoms with Gasteiger partial charge in [-0.15, -0.1) is 0 Å². The molecule has 1 aromatic heterocycles. The van der Waals surface area contributed by atoms with Gasteiger partial charge in [-0.2, -0.15) is 0 Å². The summed E-state index contributed by atoms with van der Waals surface area (Å²) < 4.78 is 5.10. The number of nitrogens with zero attached hydrogens (tertiary/aromatic N) is 1. The Morgan fingerprint density at radius 2 is 1.81 bits per heavy atom. The molecule has 0 atom stereocenters. The van der Waals surface area contributed by atoms with Crippen LogP contribution in [-0.2, 0) is 14.3 Å². The fraction of sp³-hybridized carbons (Fsp3) is 0.450. The Morgan fingerprint density at radius 3 is 2.44 bits per heavy atom. The summed E-state index contributed by atoms with van der Waals surface area (Å²) in [7, 11) is 1.49. The van der Waals surface area contributed by atoms with Gasteiger partial charge < -0.3 is 19.9 Å². The highest BCUT2D eigenvalue weighted by atomic mass is 16.5. The van der Waals surface area contributed by atoms with Gasteiger partial charge in [-0.3, -0.25) is 9.59 Å². The minimum absolute atomic E-state index is 0.0987. The summed E-state index contributed by atoms with van der Waals surface area (Å²) in [5.41, 5.74) is 2.91. The van der Waals surface area contributed by atoms with Crippen LogP contribution in [0.4, 0.5) is 0 Å². The highest BCUT2D eigenvalue weighted by Crippen LogP contribution is 2.21. The van der Waals surface area contributed by atoms with Gasteiger partial charge in [0.1, 0.15) is 5.69 Å². The van der Waals surface area contributed by atoms with Crippen LogP contribution >= 0.6 is 0 Å². The first-order valence-corrected chi connectivity index (χ1v) is 8.78. The number of aromatic amines is 1. The summed E-state index contributed by atoms with van der Waals surface area (Å²) in [4.78, 5) is 40.5. The average molecular weight is 373 g/mol. The number of carbonyl (C=O) groups excluding carboxylic acids is 3. The molecule has 1 aromatic carbocycles. The lowest BCUT2D eigenvalue weighted by Gasteiger charge is -2.23. The zero-order chi connectivity index (χ0) is 20.4. The standard InChI is InChI=1S/C20H27N3O4/c1-12-7-13(2)14-9-16(21-15(14)8-12)19(26)27-11-18(25)23(6)10-17(24)22-20(3,4)5/h7-9,21H,10-11H2,1-6H3,(H,22,24). The number of hydrogen-bond acceptors (Lipinski definition) is 4. The third-order valence-corrected chi connectivity index (χ3v) is 3.96. The number of hydrogen-bond donors (Lipinski definition) is 2. The Bertz CT molecular complexity index is 877. The van der Waals surface area contributed by atoms with Crippen LogP contribution in [-0.4, -0.2) is 53.4 Å². The van der Waals surface area contributed by atoms with Gasteiger partial charge in [-0.1, -0.05) is 6.07 Å². The number of likely N-dealkylation sites (N-methyl/N-ethyl adjacent to an activating group) is 1. The van der Waals surface area contributed by atoms with E-state index >= 15 is 0 Å². The van der Waals surface area contributed by atoms with Gasteiger partial charge in [0.15, 0.2) is 6.61 Å². The first-order valence-electron chi connectivity index (χ1n) is 8.78. The van der Waals surface area contributed by atoms with Crippen molar-refractivity contribution in [2.75, 3.05) is 20.2 Å². The minimum atomic E-state index is -0.607. The topological polar surface area (TPSA) is 91.5 Å².